The first-order valence-electron chi connectivity index (χ1n) is 11.6. The summed E-state index contributed by atoms with van der Waals surface area (Å²) < 4.78 is 16.6. The van der Waals surface area contributed by atoms with E-state index in [4.69, 9.17) is 30.8 Å². The Morgan fingerprint density at radius 2 is 1.94 bits per heavy atom. The van der Waals surface area contributed by atoms with Crippen molar-refractivity contribution in [2.24, 2.45) is 11.5 Å². The van der Waals surface area contributed by atoms with Crippen molar-refractivity contribution in [1.29, 1.82) is 0 Å². The molecule has 11 nitrogen and oxygen atoms in total. The van der Waals surface area contributed by atoms with Gasteiger partial charge in [0.05, 0.1) is 31.5 Å². The van der Waals surface area contributed by atoms with Crippen LogP contribution in [0.3, 0.4) is 0 Å². The average Bonchev–Trinajstić information content (AvgIpc) is 3.07. The fraction of sp³-hybridized carbons (Fsp3) is 0.952. The summed E-state index contributed by atoms with van der Waals surface area (Å²) in [5.41, 5.74) is 10.3. The molecule has 11 heteroatoms. The molecule has 3 saturated heterocycles. The summed E-state index contributed by atoms with van der Waals surface area (Å²) in [5.74, 6) is -0.382. The second-order valence-electron chi connectivity index (χ2n) is 9.60. The molecule has 4 aliphatic rings. The number of ether oxygens (including phenoxy) is 3. The van der Waals surface area contributed by atoms with Gasteiger partial charge in [0.25, 0.3) is 5.91 Å². The summed E-state index contributed by atoms with van der Waals surface area (Å²) in [6, 6.07) is 0.00483. The third kappa shape index (κ3) is 7.05. The van der Waals surface area contributed by atoms with Gasteiger partial charge in [-0.05, 0) is 39.0 Å². The van der Waals surface area contributed by atoms with Gasteiger partial charge in [0, 0.05) is 37.6 Å². The number of amides is 1. The quantitative estimate of drug-likeness (QED) is 0.235. The Balaban J connectivity index is 0.000000305. The zero-order valence-corrected chi connectivity index (χ0v) is 18.8. The topological polar surface area (TPSA) is 182 Å². The highest BCUT2D eigenvalue weighted by atomic mass is 16.7. The van der Waals surface area contributed by atoms with Gasteiger partial charge in [-0.25, -0.2) is 0 Å². The number of aliphatic hydroxyl groups excluding tert-OH is 2. The summed E-state index contributed by atoms with van der Waals surface area (Å²) in [5, 5.41) is 34.6. The van der Waals surface area contributed by atoms with Crippen molar-refractivity contribution in [2.45, 2.75) is 99.9 Å². The lowest BCUT2D eigenvalue weighted by Gasteiger charge is -2.39. The van der Waals surface area contributed by atoms with Gasteiger partial charge in [-0.3, -0.25) is 4.79 Å². The summed E-state index contributed by atoms with van der Waals surface area (Å²) in [4.78, 5) is 12.1. The van der Waals surface area contributed by atoms with E-state index in [1.165, 1.54) is 0 Å². The number of aliphatic hydroxyl groups is 3. The van der Waals surface area contributed by atoms with E-state index < -0.39 is 24.1 Å². The van der Waals surface area contributed by atoms with Crippen LogP contribution in [0.15, 0.2) is 0 Å². The maximum atomic E-state index is 12.1. The number of hydrogen-bond acceptors (Lipinski definition) is 10. The Hall–Kier alpha value is -0.890. The van der Waals surface area contributed by atoms with E-state index >= 15 is 0 Å². The normalized spacial score (nSPS) is 41.2. The van der Waals surface area contributed by atoms with E-state index in [9.17, 15) is 15.0 Å². The Labute approximate surface area is 189 Å². The summed E-state index contributed by atoms with van der Waals surface area (Å²) in [6.07, 6.45) is 2.68. The zero-order valence-electron chi connectivity index (χ0n) is 18.8. The number of β-amino-alcohol motifs (C(OH)–C–C–N with tert-alkyl or cyclic N) is 1. The Kier molecular flexibility index (Phi) is 9.24. The predicted molar refractivity (Wildman–Crippen MR) is 115 cm³/mol. The molecule has 186 valence electrons. The smallest absolute Gasteiger partial charge is 0.254 e. The fourth-order valence-corrected chi connectivity index (χ4v) is 4.44. The monoisotopic (exact) mass is 460 g/mol. The van der Waals surface area contributed by atoms with E-state index in [0.29, 0.717) is 37.8 Å². The molecule has 8 atom stereocenters. The Morgan fingerprint density at radius 3 is 2.47 bits per heavy atom. The van der Waals surface area contributed by atoms with Crippen LogP contribution in [-0.2, 0) is 19.0 Å². The molecule has 5 unspecified atom stereocenters. The molecule has 9 N–H and O–H groups in total. The third-order valence-electron chi connectivity index (χ3n) is 6.55. The molecule has 1 aliphatic carbocycles. The lowest BCUT2D eigenvalue weighted by molar-refractivity contribution is -0.177. The maximum Gasteiger partial charge on any atom is 0.254 e. The van der Waals surface area contributed by atoms with Crippen LogP contribution < -0.4 is 22.1 Å². The van der Waals surface area contributed by atoms with Crippen molar-refractivity contribution in [1.82, 2.24) is 10.6 Å². The lowest BCUT2D eigenvalue weighted by Crippen LogP contribution is -2.68. The lowest BCUT2D eigenvalue weighted by atomic mass is 9.88. The van der Waals surface area contributed by atoms with Crippen molar-refractivity contribution in [2.75, 3.05) is 26.3 Å². The number of nitrogens with two attached hydrogens (primary N) is 2. The third-order valence-corrected chi connectivity index (χ3v) is 6.55. The molecule has 1 amide bonds. The molecule has 3 heterocycles. The molecule has 4 fully saturated rings. The number of rotatable bonds is 5. The van der Waals surface area contributed by atoms with Crippen molar-refractivity contribution < 1.29 is 34.3 Å². The standard InChI is InChI=1S/C15H27N3O6.C6H13NO/c16-8-1-9(18-14(21)15(22)6-17-7-15)3-10(2-8)23-13-4-11(20)12(5-19)24-13;1-5-2-3-6(7)4-8-5/h8-13,17,19-20,22H,1-7,16H2,(H,18,21);5-6H,2-4,7H2,1H3/t8?,9?,10?,11-,12?,13?;5-,6+/m00/s1. The Morgan fingerprint density at radius 1 is 1.19 bits per heavy atom. The van der Waals surface area contributed by atoms with Crippen LogP contribution in [-0.4, -0.2) is 102 Å². The van der Waals surface area contributed by atoms with Gasteiger partial charge in [-0.1, -0.05) is 0 Å². The van der Waals surface area contributed by atoms with Crippen LogP contribution in [0, 0.1) is 0 Å². The highest BCUT2D eigenvalue weighted by Crippen LogP contribution is 2.28. The number of carbonyl (C=O) groups excluding carboxylic acids is 1. The maximum absolute atomic E-state index is 12.1. The van der Waals surface area contributed by atoms with Gasteiger partial charge in [-0.2, -0.15) is 0 Å². The average molecular weight is 461 g/mol. The highest BCUT2D eigenvalue weighted by molar-refractivity contribution is 5.86. The van der Waals surface area contributed by atoms with Crippen LogP contribution in [0.5, 0.6) is 0 Å². The van der Waals surface area contributed by atoms with Gasteiger partial charge in [0.2, 0.25) is 0 Å². The molecule has 0 aromatic carbocycles. The minimum absolute atomic E-state index is 0.122. The van der Waals surface area contributed by atoms with Gasteiger partial charge in [0.1, 0.15) is 6.10 Å². The molecule has 0 radical (unpaired) electrons. The molecular weight excluding hydrogens is 420 g/mol. The highest BCUT2D eigenvalue weighted by Gasteiger charge is 2.44. The molecule has 0 bridgehead atoms. The SMILES string of the molecule is C[C@H]1CC[C@@H](N)CO1.NC1CC(NC(=O)C2(O)CNC2)CC(OC2C[C@H](O)C(CO)O2)C1. The minimum Gasteiger partial charge on any atom is -0.394 e. The molecule has 32 heavy (non-hydrogen) atoms. The molecular formula is C21H40N4O7. The van der Waals surface area contributed by atoms with E-state index in [1.54, 1.807) is 0 Å². The van der Waals surface area contributed by atoms with Gasteiger partial charge < -0.3 is 51.6 Å². The summed E-state index contributed by atoms with van der Waals surface area (Å²) in [6.45, 7) is 3.10. The molecule has 0 aromatic rings. The first-order valence-corrected chi connectivity index (χ1v) is 11.6. The molecule has 1 saturated carbocycles. The fourth-order valence-electron chi connectivity index (χ4n) is 4.44. The predicted octanol–water partition coefficient (Wildman–Crippen LogP) is -2.32. The first-order chi connectivity index (χ1) is 15.2. The molecule has 0 aromatic heterocycles. The second kappa shape index (κ2) is 11.5. The van der Waals surface area contributed by atoms with Crippen molar-refractivity contribution in [3.63, 3.8) is 0 Å². The number of carbonyl (C=O) groups is 1. The minimum atomic E-state index is -1.33. The van der Waals surface area contributed by atoms with Crippen LogP contribution >= 0.6 is 0 Å². The van der Waals surface area contributed by atoms with E-state index in [-0.39, 0.29) is 43.8 Å². The summed E-state index contributed by atoms with van der Waals surface area (Å²) >= 11 is 0. The van der Waals surface area contributed by atoms with Gasteiger partial charge in [-0.15, -0.1) is 0 Å². The molecule has 3 aliphatic heterocycles. The van der Waals surface area contributed by atoms with Gasteiger partial charge >= 0.3 is 0 Å². The van der Waals surface area contributed by atoms with E-state index in [1.807, 2.05) is 0 Å². The van der Waals surface area contributed by atoms with E-state index in [0.717, 1.165) is 19.4 Å². The molecule has 4 rings (SSSR count). The zero-order chi connectivity index (χ0) is 23.3. The van der Waals surface area contributed by atoms with E-state index in [2.05, 4.69) is 17.6 Å². The second-order valence-corrected chi connectivity index (χ2v) is 9.60. The van der Waals surface area contributed by atoms with Crippen LogP contribution in [0.1, 0.15) is 45.4 Å². The summed E-state index contributed by atoms with van der Waals surface area (Å²) in [7, 11) is 0. The first kappa shape index (κ1) is 25.7. The molecule has 0 spiro atoms. The van der Waals surface area contributed by atoms with Crippen molar-refractivity contribution >= 4 is 5.91 Å². The number of hydrogen-bond donors (Lipinski definition) is 7. The van der Waals surface area contributed by atoms with Crippen molar-refractivity contribution in [3.8, 4) is 0 Å². The van der Waals surface area contributed by atoms with Crippen LogP contribution in [0.4, 0.5) is 0 Å². The number of nitrogens with one attached hydrogen (secondary N) is 2. The Bertz CT molecular complexity index is 591. The van der Waals surface area contributed by atoms with Gasteiger partial charge in [0.15, 0.2) is 11.9 Å². The largest absolute Gasteiger partial charge is 0.394 e. The van der Waals surface area contributed by atoms with Crippen LogP contribution in [0.25, 0.3) is 0 Å². The van der Waals surface area contributed by atoms with Crippen molar-refractivity contribution in [3.05, 3.63) is 0 Å². The van der Waals surface area contributed by atoms with Crippen LogP contribution in [0.2, 0.25) is 0 Å².